The van der Waals surface area contributed by atoms with Crippen LogP contribution in [0.25, 0.3) is 0 Å². The monoisotopic (exact) mass is 336 g/mol. The summed E-state index contributed by atoms with van der Waals surface area (Å²) in [6.07, 6.45) is 4.06. The quantitative estimate of drug-likeness (QED) is 0.819. The molecule has 3 rings (SSSR count). The van der Waals surface area contributed by atoms with Gasteiger partial charge >= 0.3 is 6.03 Å². The molecule has 0 unspecified atom stereocenters. The van der Waals surface area contributed by atoms with Crippen LogP contribution in [0.5, 0.6) is 0 Å². The number of nitrogens with one attached hydrogen (secondary N) is 2. The van der Waals surface area contributed by atoms with Crippen LogP contribution in [0.4, 0.5) is 4.79 Å². The molecule has 3 amide bonds. The summed E-state index contributed by atoms with van der Waals surface area (Å²) < 4.78 is 0. The molecule has 23 heavy (non-hydrogen) atoms. The molecule has 5 nitrogen and oxygen atoms in total. The van der Waals surface area contributed by atoms with E-state index in [9.17, 15) is 9.59 Å². The van der Waals surface area contributed by atoms with Crippen molar-refractivity contribution in [1.29, 1.82) is 0 Å². The van der Waals surface area contributed by atoms with Crippen molar-refractivity contribution in [2.24, 2.45) is 0 Å². The van der Waals surface area contributed by atoms with Crippen LogP contribution >= 0.6 is 11.6 Å². The number of carbonyl (C=O) groups excluding carboxylic acids is 2. The minimum Gasteiger partial charge on any atom is -0.319 e. The van der Waals surface area contributed by atoms with Crippen LogP contribution in [0.1, 0.15) is 38.2 Å². The van der Waals surface area contributed by atoms with Crippen LogP contribution in [-0.4, -0.2) is 36.6 Å². The molecule has 0 bridgehead atoms. The average molecular weight is 337 g/mol. The number of benzene rings is 1. The molecule has 1 aromatic rings. The third kappa shape index (κ3) is 2.95. The number of likely N-dealkylation sites (tertiary alicyclic amines) is 1. The van der Waals surface area contributed by atoms with Crippen LogP contribution < -0.4 is 10.2 Å². The molecule has 1 aromatic carbocycles. The second-order valence-electron chi connectivity index (χ2n) is 6.40. The van der Waals surface area contributed by atoms with Gasteiger partial charge in [0.2, 0.25) is 0 Å². The van der Waals surface area contributed by atoms with E-state index < -0.39 is 5.54 Å². The van der Waals surface area contributed by atoms with Gasteiger partial charge in [0.1, 0.15) is 5.54 Å². The fourth-order valence-corrected chi connectivity index (χ4v) is 3.79. The van der Waals surface area contributed by atoms with E-state index in [0.717, 1.165) is 31.5 Å². The van der Waals surface area contributed by atoms with Gasteiger partial charge in [-0.2, -0.15) is 0 Å². The Morgan fingerprint density at radius 1 is 1.26 bits per heavy atom. The molecule has 2 heterocycles. The van der Waals surface area contributed by atoms with Crippen LogP contribution in [0.2, 0.25) is 5.02 Å². The fraction of sp³-hybridized carbons (Fsp3) is 0.529. The summed E-state index contributed by atoms with van der Waals surface area (Å²) in [6.45, 7) is 4.41. The Morgan fingerprint density at radius 3 is 2.65 bits per heavy atom. The molecule has 6 heteroatoms. The van der Waals surface area contributed by atoms with Crippen molar-refractivity contribution in [3.63, 3.8) is 0 Å². The van der Waals surface area contributed by atoms with E-state index >= 15 is 0 Å². The Morgan fingerprint density at radius 2 is 2.00 bits per heavy atom. The van der Waals surface area contributed by atoms with Gasteiger partial charge < -0.3 is 10.2 Å². The second-order valence-corrected chi connectivity index (χ2v) is 6.84. The topological polar surface area (TPSA) is 53.9 Å². The number of halogens is 1. The molecule has 2 N–H and O–H groups in total. The average Bonchev–Trinajstić information content (AvgIpc) is 2.81. The standard InChI is InChI=1S/C17H22ClN3O2/c1-2-17(13-7-6-8-14(18)11-13)15(22)21(16(23)19-17)12-20-9-4-3-5-10-20/h6-8,11H,2-5,9-10,12H2,1H3,(H,19,23)/p+1/t17-/m1/s1. The van der Waals surface area contributed by atoms with Gasteiger partial charge in [0.05, 0.1) is 13.1 Å². The first-order chi connectivity index (χ1) is 11.1. The molecule has 0 spiro atoms. The maximum atomic E-state index is 13.0. The lowest BCUT2D eigenvalue weighted by molar-refractivity contribution is -0.912. The van der Waals surface area contributed by atoms with Crippen LogP contribution in [0.15, 0.2) is 24.3 Å². The minimum atomic E-state index is -0.989. The number of carbonyl (C=O) groups is 2. The van der Waals surface area contributed by atoms with E-state index in [-0.39, 0.29) is 11.9 Å². The number of quaternary nitrogens is 1. The smallest absolute Gasteiger partial charge is 0.319 e. The zero-order valence-electron chi connectivity index (χ0n) is 13.4. The third-order valence-electron chi connectivity index (χ3n) is 4.97. The Balaban J connectivity index is 1.85. The lowest BCUT2D eigenvalue weighted by atomic mass is 9.87. The van der Waals surface area contributed by atoms with Crippen molar-refractivity contribution in [2.45, 2.75) is 38.1 Å². The summed E-state index contributed by atoms with van der Waals surface area (Å²) in [4.78, 5) is 28.2. The molecule has 2 saturated heterocycles. The van der Waals surface area contributed by atoms with Crippen molar-refractivity contribution in [1.82, 2.24) is 10.2 Å². The molecule has 0 saturated carbocycles. The van der Waals surface area contributed by atoms with Gasteiger partial charge in [-0.25, -0.2) is 9.69 Å². The summed E-state index contributed by atoms with van der Waals surface area (Å²) in [5.74, 6) is -0.162. The van der Waals surface area contributed by atoms with Crippen molar-refractivity contribution >= 4 is 23.5 Å². The third-order valence-corrected chi connectivity index (χ3v) is 5.20. The number of nitrogens with zero attached hydrogens (tertiary/aromatic N) is 1. The molecule has 0 aliphatic carbocycles. The van der Waals surface area contributed by atoms with E-state index in [0.29, 0.717) is 18.1 Å². The summed E-state index contributed by atoms with van der Waals surface area (Å²) in [7, 11) is 0. The van der Waals surface area contributed by atoms with Crippen molar-refractivity contribution in [3.05, 3.63) is 34.9 Å². The molecular weight excluding hydrogens is 314 g/mol. The van der Waals surface area contributed by atoms with E-state index in [4.69, 9.17) is 11.6 Å². The molecule has 124 valence electrons. The highest BCUT2D eigenvalue weighted by Crippen LogP contribution is 2.33. The van der Waals surface area contributed by atoms with E-state index in [1.807, 2.05) is 19.1 Å². The summed E-state index contributed by atoms with van der Waals surface area (Å²) in [5.41, 5.74) is -0.237. The molecule has 2 aliphatic rings. The predicted molar refractivity (Wildman–Crippen MR) is 88.2 cm³/mol. The first-order valence-corrected chi connectivity index (χ1v) is 8.68. The van der Waals surface area contributed by atoms with Gasteiger partial charge in [-0.15, -0.1) is 0 Å². The van der Waals surface area contributed by atoms with Gasteiger partial charge in [0.15, 0.2) is 6.67 Å². The molecule has 1 atom stereocenters. The highest BCUT2D eigenvalue weighted by Gasteiger charge is 2.52. The number of hydrogen-bond acceptors (Lipinski definition) is 2. The van der Waals surface area contributed by atoms with Crippen LogP contribution in [-0.2, 0) is 10.3 Å². The Hall–Kier alpha value is -1.59. The highest BCUT2D eigenvalue weighted by molar-refractivity contribution is 6.30. The van der Waals surface area contributed by atoms with Crippen LogP contribution in [0, 0.1) is 0 Å². The Kier molecular flexibility index (Phi) is 4.60. The maximum absolute atomic E-state index is 13.0. The van der Waals surface area contributed by atoms with Gasteiger partial charge in [0.25, 0.3) is 5.91 Å². The summed E-state index contributed by atoms with van der Waals surface area (Å²) >= 11 is 6.08. The van der Waals surface area contributed by atoms with E-state index in [1.54, 1.807) is 12.1 Å². The van der Waals surface area contributed by atoms with Crippen molar-refractivity contribution < 1.29 is 14.5 Å². The van der Waals surface area contributed by atoms with Crippen molar-refractivity contribution in [2.75, 3.05) is 19.8 Å². The largest absolute Gasteiger partial charge is 0.329 e. The molecule has 2 fully saturated rings. The molecular formula is C17H23ClN3O2+. The first-order valence-electron chi connectivity index (χ1n) is 8.30. The predicted octanol–water partition coefficient (Wildman–Crippen LogP) is 1.52. The minimum absolute atomic E-state index is 0.162. The normalized spacial score (nSPS) is 25.7. The SMILES string of the molecule is CC[C@]1(c2cccc(Cl)c2)NC(=O)N(C[NH+]2CCCCC2)C1=O. The summed E-state index contributed by atoms with van der Waals surface area (Å²) in [5, 5.41) is 3.48. The van der Waals surface area contributed by atoms with E-state index in [2.05, 4.69) is 5.32 Å². The number of piperidine rings is 1. The lowest BCUT2D eigenvalue weighted by Gasteiger charge is -2.28. The molecule has 0 aromatic heterocycles. The van der Waals surface area contributed by atoms with Gasteiger partial charge in [-0.3, -0.25) is 4.79 Å². The number of amides is 3. The first kappa shape index (κ1) is 16.3. The van der Waals surface area contributed by atoms with Gasteiger partial charge in [0, 0.05) is 5.02 Å². The fourth-order valence-electron chi connectivity index (χ4n) is 3.60. The van der Waals surface area contributed by atoms with Gasteiger partial charge in [-0.05, 0) is 43.4 Å². The maximum Gasteiger partial charge on any atom is 0.329 e. The van der Waals surface area contributed by atoms with E-state index in [1.165, 1.54) is 16.2 Å². The van der Waals surface area contributed by atoms with Gasteiger partial charge in [-0.1, -0.05) is 30.7 Å². The number of hydrogen-bond donors (Lipinski definition) is 2. The van der Waals surface area contributed by atoms with Crippen LogP contribution in [0.3, 0.4) is 0 Å². The number of imide groups is 1. The lowest BCUT2D eigenvalue weighted by Crippen LogP contribution is -3.14. The molecule has 2 aliphatic heterocycles. The van der Waals surface area contributed by atoms with Crippen molar-refractivity contribution in [3.8, 4) is 0 Å². The molecule has 0 radical (unpaired) electrons. The highest BCUT2D eigenvalue weighted by atomic mass is 35.5. The second kappa shape index (κ2) is 6.49. The Bertz CT molecular complexity index is 616. The zero-order valence-corrected chi connectivity index (χ0v) is 14.2. The Labute approximate surface area is 141 Å². The zero-order chi connectivity index (χ0) is 16.4. The summed E-state index contributed by atoms with van der Waals surface area (Å²) in [6, 6.07) is 6.90. The number of urea groups is 1. The number of rotatable bonds is 4.